The van der Waals surface area contributed by atoms with E-state index >= 15 is 0 Å². The van der Waals surface area contributed by atoms with Gasteiger partial charge in [0.2, 0.25) is 5.91 Å². The SMILES string of the molecule is O=C(O)C1CC2CCC1N2C(=O)Cc1ccc2cn[nH]c2c1. The van der Waals surface area contributed by atoms with Crippen LogP contribution in [0.4, 0.5) is 0 Å². The number of amides is 1. The standard InChI is InChI=1S/C16H17N3O3/c20-15(6-9-1-2-10-8-17-18-13(10)5-9)19-11-3-4-14(19)12(7-11)16(21)22/h1-2,5,8,11-12,14H,3-4,6-7H2,(H,17,18)(H,21,22). The number of benzene rings is 1. The molecule has 2 aliphatic heterocycles. The van der Waals surface area contributed by atoms with E-state index in [1.807, 2.05) is 23.1 Å². The Balaban J connectivity index is 1.53. The van der Waals surface area contributed by atoms with Crippen LogP contribution in [-0.4, -0.2) is 44.2 Å². The molecule has 2 aliphatic rings. The van der Waals surface area contributed by atoms with Crippen molar-refractivity contribution in [2.75, 3.05) is 0 Å². The Labute approximate surface area is 127 Å². The first-order valence-electron chi connectivity index (χ1n) is 7.59. The smallest absolute Gasteiger partial charge is 0.308 e. The zero-order valence-corrected chi connectivity index (χ0v) is 12.0. The summed E-state index contributed by atoms with van der Waals surface area (Å²) in [5, 5.41) is 17.2. The van der Waals surface area contributed by atoms with Gasteiger partial charge < -0.3 is 10.0 Å². The Kier molecular flexibility index (Phi) is 2.92. The fourth-order valence-corrected chi connectivity index (χ4v) is 4.00. The lowest BCUT2D eigenvalue weighted by Gasteiger charge is -2.23. The highest BCUT2D eigenvalue weighted by Gasteiger charge is 2.50. The van der Waals surface area contributed by atoms with Gasteiger partial charge in [0, 0.05) is 17.5 Å². The van der Waals surface area contributed by atoms with Crippen LogP contribution >= 0.6 is 0 Å². The first-order chi connectivity index (χ1) is 10.6. The molecule has 22 heavy (non-hydrogen) atoms. The summed E-state index contributed by atoms with van der Waals surface area (Å²) in [7, 11) is 0. The van der Waals surface area contributed by atoms with E-state index in [4.69, 9.17) is 0 Å². The molecule has 2 saturated heterocycles. The van der Waals surface area contributed by atoms with E-state index in [0.29, 0.717) is 12.8 Å². The van der Waals surface area contributed by atoms with Gasteiger partial charge in [0.1, 0.15) is 0 Å². The minimum atomic E-state index is -0.774. The molecule has 0 spiro atoms. The molecule has 3 atom stereocenters. The molecule has 0 saturated carbocycles. The van der Waals surface area contributed by atoms with E-state index in [1.165, 1.54) is 0 Å². The molecule has 2 aromatic rings. The van der Waals surface area contributed by atoms with Crippen LogP contribution in [0.25, 0.3) is 10.9 Å². The molecule has 6 heteroatoms. The highest BCUT2D eigenvalue weighted by atomic mass is 16.4. The van der Waals surface area contributed by atoms with Gasteiger partial charge in [0.25, 0.3) is 0 Å². The van der Waals surface area contributed by atoms with Crippen LogP contribution in [0.15, 0.2) is 24.4 Å². The number of carboxylic acids is 1. The van der Waals surface area contributed by atoms with Crippen molar-refractivity contribution in [3.05, 3.63) is 30.0 Å². The van der Waals surface area contributed by atoms with E-state index in [9.17, 15) is 14.7 Å². The number of hydrogen-bond donors (Lipinski definition) is 2. The molecule has 2 bridgehead atoms. The Morgan fingerprint density at radius 3 is 3.00 bits per heavy atom. The number of hydrogen-bond acceptors (Lipinski definition) is 3. The molecule has 0 aliphatic carbocycles. The number of carbonyl (C=O) groups excluding carboxylic acids is 1. The van der Waals surface area contributed by atoms with Gasteiger partial charge in [-0.2, -0.15) is 5.10 Å². The van der Waals surface area contributed by atoms with Crippen LogP contribution in [0.3, 0.4) is 0 Å². The van der Waals surface area contributed by atoms with Crippen molar-refractivity contribution in [2.24, 2.45) is 5.92 Å². The van der Waals surface area contributed by atoms with E-state index < -0.39 is 11.9 Å². The van der Waals surface area contributed by atoms with Crippen molar-refractivity contribution in [1.82, 2.24) is 15.1 Å². The molecule has 0 radical (unpaired) electrons. The van der Waals surface area contributed by atoms with Crippen molar-refractivity contribution < 1.29 is 14.7 Å². The van der Waals surface area contributed by atoms with Crippen molar-refractivity contribution in [1.29, 1.82) is 0 Å². The zero-order chi connectivity index (χ0) is 15.3. The monoisotopic (exact) mass is 299 g/mol. The zero-order valence-electron chi connectivity index (χ0n) is 12.0. The number of fused-ring (bicyclic) bond motifs is 3. The summed E-state index contributed by atoms with van der Waals surface area (Å²) >= 11 is 0. The maximum atomic E-state index is 12.6. The average Bonchev–Trinajstić information content (AvgIpc) is 3.20. The van der Waals surface area contributed by atoms with E-state index in [0.717, 1.165) is 29.3 Å². The van der Waals surface area contributed by atoms with E-state index in [1.54, 1.807) is 6.20 Å². The molecular formula is C16H17N3O3. The second kappa shape index (κ2) is 4.83. The number of H-pyrrole nitrogens is 1. The van der Waals surface area contributed by atoms with Crippen molar-refractivity contribution in [2.45, 2.75) is 37.8 Å². The Hall–Kier alpha value is -2.37. The van der Waals surface area contributed by atoms with Crippen LogP contribution in [-0.2, 0) is 16.0 Å². The molecule has 1 aromatic carbocycles. The second-order valence-corrected chi connectivity index (χ2v) is 6.25. The van der Waals surface area contributed by atoms with Crippen molar-refractivity contribution in [3.8, 4) is 0 Å². The Morgan fingerprint density at radius 1 is 1.36 bits per heavy atom. The van der Waals surface area contributed by atoms with E-state index in [2.05, 4.69) is 10.2 Å². The van der Waals surface area contributed by atoms with Gasteiger partial charge in [-0.05, 0) is 30.9 Å². The average molecular weight is 299 g/mol. The van der Waals surface area contributed by atoms with Crippen LogP contribution in [0.5, 0.6) is 0 Å². The number of aromatic nitrogens is 2. The fraction of sp³-hybridized carbons (Fsp3) is 0.438. The number of rotatable bonds is 3. The first kappa shape index (κ1) is 13.3. The molecule has 1 aromatic heterocycles. The molecule has 1 amide bonds. The van der Waals surface area contributed by atoms with Crippen LogP contribution in [0, 0.1) is 5.92 Å². The normalized spacial score (nSPS) is 26.7. The summed E-state index contributed by atoms with van der Waals surface area (Å²) in [6.07, 6.45) is 4.41. The second-order valence-electron chi connectivity index (χ2n) is 6.25. The lowest BCUT2D eigenvalue weighted by atomic mass is 9.89. The summed E-state index contributed by atoms with van der Waals surface area (Å²) in [5.41, 5.74) is 1.85. The molecule has 2 N–H and O–H groups in total. The molecule has 114 valence electrons. The first-order valence-corrected chi connectivity index (χ1v) is 7.59. The summed E-state index contributed by atoms with van der Waals surface area (Å²) in [6, 6.07) is 5.80. The number of aliphatic carboxylic acids is 1. The van der Waals surface area contributed by atoms with E-state index in [-0.39, 0.29) is 18.0 Å². The minimum absolute atomic E-state index is 0.0371. The van der Waals surface area contributed by atoms with Gasteiger partial charge in [0.05, 0.1) is 24.1 Å². The lowest BCUT2D eigenvalue weighted by Crippen LogP contribution is -2.38. The maximum Gasteiger partial charge on any atom is 0.308 e. The van der Waals surface area contributed by atoms with Gasteiger partial charge in [-0.1, -0.05) is 12.1 Å². The van der Waals surface area contributed by atoms with Crippen LogP contribution in [0.1, 0.15) is 24.8 Å². The summed E-state index contributed by atoms with van der Waals surface area (Å²) in [4.78, 5) is 25.7. The molecule has 3 heterocycles. The third kappa shape index (κ3) is 1.98. The summed E-state index contributed by atoms with van der Waals surface area (Å²) < 4.78 is 0. The quantitative estimate of drug-likeness (QED) is 0.900. The molecule has 2 fully saturated rings. The number of aromatic amines is 1. The lowest BCUT2D eigenvalue weighted by molar-refractivity contribution is -0.143. The number of nitrogens with zero attached hydrogens (tertiary/aromatic N) is 2. The number of nitrogens with one attached hydrogen (secondary N) is 1. The van der Waals surface area contributed by atoms with Crippen molar-refractivity contribution in [3.63, 3.8) is 0 Å². The Bertz CT molecular complexity index is 754. The van der Waals surface area contributed by atoms with Crippen LogP contribution < -0.4 is 0 Å². The molecule has 4 rings (SSSR count). The molecular weight excluding hydrogens is 282 g/mol. The highest BCUT2D eigenvalue weighted by molar-refractivity contribution is 5.84. The predicted molar refractivity (Wildman–Crippen MR) is 79.2 cm³/mol. The minimum Gasteiger partial charge on any atom is -0.481 e. The summed E-state index contributed by atoms with van der Waals surface area (Å²) in [5.74, 6) is -1.13. The third-order valence-corrected chi connectivity index (χ3v) is 5.00. The van der Waals surface area contributed by atoms with Crippen LogP contribution in [0.2, 0.25) is 0 Å². The van der Waals surface area contributed by atoms with Gasteiger partial charge in [-0.15, -0.1) is 0 Å². The Morgan fingerprint density at radius 2 is 2.23 bits per heavy atom. The van der Waals surface area contributed by atoms with Gasteiger partial charge in [-0.3, -0.25) is 14.7 Å². The molecule has 6 nitrogen and oxygen atoms in total. The van der Waals surface area contributed by atoms with Gasteiger partial charge in [-0.25, -0.2) is 0 Å². The molecule has 3 unspecified atom stereocenters. The summed E-state index contributed by atoms with van der Waals surface area (Å²) in [6.45, 7) is 0. The third-order valence-electron chi connectivity index (χ3n) is 5.00. The number of carboxylic acid groups (broad SMARTS) is 1. The van der Waals surface area contributed by atoms with Gasteiger partial charge >= 0.3 is 5.97 Å². The predicted octanol–water partition coefficient (Wildman–Crippen LogP) is 1.57. The highest BCUT2D eigenvalue weighted by Crippen LogP contribution is 2.42. The van der Waals surface area contributed by atoms with Crippen molar-refractivity contribution >= 4 is 22.8 Å². The largest absolute Gasteiger partial charge is 0.481 e. The fourth-order valence-electron chi connectivity index (χ4n) is 4.00. The maximum absolute atomic E-state index is 12.6. The number of carbonyl (C=O) groups is 2. The topological polar surface area (TPSA) is 86.3 Å². The van der Waals surface area contributed by atoms with Gasteiger partial charge in [0.15, 0.2) is 0 Å².